The van der Waals surface area contributed by atoms with Crippen molar-refractivity contribution in [2.24, 2.45) is 5.92 Å². The summed E-state index contributed by atoms with van der Waals surface area (Å²) < 4.78 is 5.86. The Hall–Kier alpha value is -2.34. The molecule has 6 nitrogen and oxygen atoms in total. The summed E-state index contributed by atoms with van der Waals surface area (Å²) in [5.41, 5.74) is 3.24. The molecule has 3 aliphatic heterocycles. The summed E-state index contributed by atoms with van der Waals surface area (Å²) >= 11 is 0. The molecule has 2 atom stereocenters. The third-order valence-corrected chi connectivity index (χ3v) is 6.68. The standard InChI is InChI=1S/C22H28N4O2/c1-25(13-15-7-6-12-26-11-5-4-9-18(15)26)22(27)21-17-14-28-19-10-3-2-8-16(19)20(17)23-24-21/h2-3,8,10,15,18H,4-7,9,11-14H2,1H3,(H,23,24)/t15-,18-/m0/s1. The maximum absolute atomic E-state index is 13.2. The lowest BCUT2D eigenvalue weighted by atomic mass is 9.83. The van der Waals surface area contributed by atoms with Crippen molar-refractivity contribution in [2.75, 3.05) is 26.7 Å². The first kappa shape index (κ1) is 17.7. The van der Waals surface area contributed by atoms with Gasteiger partial charge in [0, 0.05) is 30.8 Å². The van der Waals surface area contributed by atoms with Gasteiger partial charge in [0.25, 0.3) is 5.91 Å². The zero-order valence-corrected chi connectivity index (χ0v) is 16.5. The minimum Gasteiger partial charge on any atom is -0.488 e. The molecule has 28 heavy (non-hydrogen) atoms. The SMILES string of the molecule is CN(C[C@@H]1CCCN2CCCC[C@@H]12)C(=O)c1[nH]nc2c1COc1ccccc1-2. The van der Waals surface area contributed by atoms with Crippen molar-refractivity contribution in [1.29, 1.82) is 0 Å². The lowest BCUT2D eigenvalue weighted by Gasteiger charge is -2.45. The first-order chi connectivity index (χ1) is 13.7. The summed E-state index contributed by atoms with van der Waals surface area (Å²) in [4.78, 5) is 17.7. The van der Waals surface area contributed by atoms with E-state index < -0.39 is 0 Å². The Labute approximate surface area is 165 Å². The average Bonchev–Trinajstić information content (AvgIpc) is 3.18. The van der Waals surface area contributed by atoms with Crippen LogP contribution in [0.3, 0.4) is 0 Å². The van der Waals surface area contributed by atoms with Gasteiger partial charge in [0.15, 0.2) is 0 Å². The Morgan fingerprint density at radius 2 is 2.11 bits per heavy atom. The van der Waals surface area contributed by atoms with Crippen LogP contribution in [-0.4, -0.2) is 58.6 Å². The van der Waals surface area contributed by atoms with E-state index in [9.17, 15) is 4.79 Å². The van der Waals surface area contributed by atoms with Crippen molar-refractivity contribution in [3.05, 3.63) is 35.5 Å². The van der Waals surface area contributed by atoms with Gasteiger partial charge in [-0.1, -0.05) is 18.6 Å². The van der Waals surface area contributed by atoms with E-state index in [1.807, 2.05) is 36.2 Å². The number of aromatic nitrogens is 2. The summed E-state index contributed by atoms with van der Waals surface area (Å²) in [6, 6.07) is 8.50. The van der Waals surface area contributed by atoms with E-state index in [2.05, 4.69) is 15.1 Å². The molecule has 2 aromatic rings. The maximum Gasteiger partial charge on any atom is 0.272 e. The lowest BCUT2D eigenvalue weighted by Crippen LogP contribution is -2.51. The number of nitrogens with one attached hydrogen (secondary N) is 1. The second-order valence-corrected chi connectivity index (χ2v) is 8.40. The van der Waals surface area contributed by atoms with Gasteiger partial charge < -0.3 is 14.5 Å². The van der Waals surface area contributed by atoms with Gasteiger partial charge in [-0.2, -0.15) is 5.10 Å². The minimum absolute atomic E-state index is 0.0182. The Morgan fingerprint density at radius 3 is 3.04 bits per heavy atom. The molecule has 2 saturated heterocycles. The number of rotatable bonds is 3. The van der Waals surface area contributed by atoms with E-state index in [1.165, 1.54) is 45.2 Å². The molecule has 0 radical (unpaired) electrons. The van der Waals surface area contributed by atoms with Crippen LogP contribution in [0.25, 0.3) is 11.3 Å². The van der Waals surface area contributed by atoms with E-state index in [1.54, 1.807) is 0 Å². The number of hydrogen-bond donors (Lipinski definition) is 1. The maximum atomic E-state index is 13.2. The van der Waals surface area contributed by atoms with Gasteiger partial charge in [0.05, 0.1) is 0 Å². The molecule has 1 amide bonds. The van der Waals surface area contributed by atoms with Crippen LogP contribution >= 0.6 is 0 Å². The van der Waals surface area contributed by atoms with Crippen LogP contribution in [0.4, 0.5) is 0 Å². The summed E-state index contributed by atoms with van der Waals surface area (Å²) in [5.74, 6) is 1.41. The number of para-hydroxylation sites is 1. The first-order valence-electron chi connectivity index (χ1n) is 10.5. The molecule has 0 spiro atoms. The second kappa shape index (κ2) is 7.24. The molecular formula is C22H28N4O2. The van der Waals surface area contributed by atoms with Crippen molar-refractivity contribution in [3.8, 4) is 17.0 Å². The van der Waals surface area contributed by atoms with Crippen molar-refractivity contribution in [3.63, 3.8) is 0 Å². The fourth-order valence-corrected chi connectivity index (χ4v) is 5.26. The van der Waals surface area contributed by atoms with E-state index in [4.69, 9.17) is 4.74 Å². The topological polar surface area (TPSA) is 61.5 Å². The van der Waals surface area contributed by atoms with Gasteiger partial charge in [-0.05, 0) is 56.8 Å². The molecule has 0 bridgehead atoms. The molecule has 5 rings (SSSR count). The van der Waals surface area contributed by atoms with Crippen LogP contribution < -0.4 is 4.74 Å². The third kappa shape index (κ3) is 3.00. The molecule has 0 unspecified atom stereocenters. The fraction of sp³-hybridized carbons (Fsp3) is 0.545. The molecule has 0 saturated carbocycles. The Balaban J connectivity index is 1.34. The number of fused-ring (bicyclic) bond motifs is 4. The monoisotopic (exact) mass is 380 g/mol. The van der Waals surface area contributed by atoms with Gasteiger partial charge in [0.1, 0.15) is 23.7 Å². The highest BCUT2D eigenvalue weighted by Gasteiger charge is 2.35. The van der Waals surface area contributed by atoms with Crippen LogP contribution in [0.15, 0.2) is 24.3 Å². The summed E-state index contributed by atoms with van der Waals surface area (Å²) in [5, 5.41) is 7.45. The van der Waals surface area contributed by atoms with Gasteiger partial charge in [0.2, 0.25) is 0 Å². The molecule has 148 valence electrons. The normalized spacial score (nSPS) is 23.9. The lowest BCUT2D eigenvalue weighted by molar-refractivity contribution is 0.0400. The number of carbonyl (C=O) groups is 1. The van der Waals surface area contributed by atoms with Gasteiger partial charge in [-0.25, -0.2) is 0 Å². The zero-order chi connectivity index (χ0) is 19.1. The molecule has 1 N–H and O–H groups in total. The average molecular weight is 380 g/mol. The molecule has 1 aromatic heterocycles. The molecule has 6 heteroatoms. The largest absolute Gasteiger partial charge is 0.488 e. The Morgan fingerprint density at radius 1 is 1.25 bits per heavy atom. The molecule has 3 aliphatic rings. The van der Waals surface area contributed by atoms with Crippen molar-refractivity contribution >= 4 is 5.91 Å². The van der Waals surface area contributed by atoms with Crippen molar-refractivity contribution < 1.29 is 9.53 Å². The number of nitrogens with zero attached hydrogens (tertiary/aromatic N) is 3. The van der Waals surface area contributed by atoms with E-state index >= 15 is 0 Å². The number of piperidine rings is 2. The van der Waals surface area contributed by atoms with E-state index in [-0.39, 0.29) is 5.91 Å². The van der Waals surface area contributed by atoms with Crippen LogP contribution in [0, 0.1) is 5.92 Å². The van der Waals surface area contributed by atoms with Crippen molar-refractivity contribution in [1.82, 2.24) is 20.0 Å². The molecule has 0 aliphatic carbocycles. The van der Waals surface area contributed by atoms with Crippen LogP contribution in [0.5, 0.6) is 5.75 Å². The fourth-order valence-electron chi connectivity index (χ4n) is 5.26. The highest BCUT2D eigenvalue weighted by Crippen LogP contribution is 2.37. The predicted molar refractivity (Wildman–Crippen MR) is 107 cm³/mol. The molecule has 2 fully saturated rings. The predicted octanol–water partition coefficient (Wildman–Crippen LogP) is 3.31. The number of ether oxygens (including phenoxy) is 1. The van der Waals surface area contributed by atoms with Crippen LogP contribution in [0.1, 0.15) is 48.2 Å². The Bertz CT molecular complexity index is 875. The van der Waals surface area contributed by atoms with Gasteiger partial charge >= 0.3 is 0 Å². The van der Waals surface area contributed by atoms with Crippen molar-refractivity contribution in [2.45, 2.75) is 44.8 Å². The zero-order valence-electron chi connectivity index (χ0n) is 16.5. The van der Waals surface area contributed by atoms with E-state index in [0.29, 0.717) is 24.3 Å². The molecule has 4 heterocycles. The van der Waals surface area contributed by atoms with Crippen LogP contribution in [-0.2, 0) is 6.61 Å². The number of benzene rings is 1. The summed E-state index contributed by atoms with van der Waals surface area (Å²) in [6.07, 6.45) is 6.38. The third-order valence-electron chi connectivity index (χ3n) is 6.68. The summed E-state index contributed by atoms with van der Waals surface area (Å²) in [7, 11) is 1.93. The quantitative estimate of drug-likeness (QED) is 0.887. The smallest absolute Gasteiger partial charge is 0.272 e. The summed E-state index contributed by atoms with van der Waals surface area (Å²) in [6.45, 7) is 3.65. The van der Waals surface area contributed by atoms with Crippen LogP contribution in [0.2, 0.25) is 0 Å². The minimum atomic E-state index is 0.0182. The van der Waals surface area contributed by atoms with E-state index in [0.717, 1.165) is 29.1 Å². The molecular weight excluding hydrogens is 352 g/mol. The van der Waals surface area contributed by atoms with Gasteiger partial charge in [-0.3, -0.25) is 9.89 Å². The number of carbonyl (C=O) groups excluding carboxylic acids is 1. The number of aromatic amines is 1. The molecule has 1 aromatic carbocycles. The number of hydrogen-bond acceptors (Lipinski definition) is 4. The number of amides is 1. The second-order valence-electron chi connectivity index (χ2n) is 8.40. The highest BCUT2D eigenvalue weighted by molar-refractivity contribution is 5.96. The highest BCUT2D eigenvalue weighted by atomic mass is 16.5. The first-order valence-corrected chi connectivity index (χ1v) is 10.5. The number of H-pyrrole nitrogens is 1. The van der Waals surface area contributed by atoms with Gasteiger partial charge in [-0.15, -0.1) is 0 Å². The Kier molecular flexibility index (Phi) is 4.59.